The Morgan fingerprint density at radius 2 is 2.00 bits per heavy atom. The van der Waals surface area contributed by atoms with Gasteiger partial charge < -0.3 is 14.6 Å². The highest BCUT2D eigenvalue weighted by Crippen LogP contribution is 2.24. The highest BCUT2D eigenvalue weighted by atomic mass is 16.4. The van der Waals surface area contributed by atoms with E-state index in [0.717, 1.165) is 44.5 Å². The van der Waals surface area contributed by atoms with Gasteiger partial charge in [-0.25, -0.2) is 4.98 Å². The van der Waals surface area contributed by atoms with Crippen LogP contribution in [-0.4, -0.2) is 41.5 Å². The van der Waals surface area contributed by atoms with Crippen LogP contribution in [0.4, 0.5) is 0 Å². The molecule has 1 aromatic carbocycles. The van der Waals surface area contributed by atoms with Crippen molar-refractivity contribution in [2.24, 2.45) is 0 Å². The minimum Gasteiger partial charge on any atom is -0.431 e. The average molecular weight is 327 g/mol. The first-order valence-corrected chi connectivity index (χ1v) is 8.75. The Morgan fingerprint density at radius 1 is 1.29 bits per heavy atom. The van der Waals surface area contributed by atoms with Gasteiger partial charge in [0.2, 0.25) is 11.7 Å². The largest absolute Gasteiger partial charge is 0.431 e. The first-order valence-electron chi connectivity index (χ1n) is 8.75. The fourth-order valence-electron chi connectivity index (χ4n) is 3.24. The standard InChI is InChI=1S/C19H25N3O2/c1-3-13-22(16-9-11-20-12-10-16)19(23)17-14(2)21-18(24-17)15-7-5-4-6-8-15/h4-8,16,20H,3,9-13H2,1-2H3. The van der Waals surface area contributed by atoms with E-state index in [2.05, 4.69) is 17.2 Å². The van der Waals surface area contributed by atoms with Gasteiger partial charge in [-0.15, -0.1) is 0 Å². The molecule has 5 nitrogen and oxygen atoms in total. The Bertz CT molecular complexity index is 675. The summed E-state index contributed by atoms with van der Waals surface area (Å²) >= 11 is 0. The number of benzene rings is 1. The highest BCUT2D eigenvalue weighted by Gasteiger charge is 2.29. The number of oxazole rings is 1. The third-order valence-electron chi connectivity index (χ3n) is 4.49. The number of piperidine rings is 1. The van der Waals surface area contributed by atoms with E-state index in [0.29, 0.717) is 17.3 Å². The van der Waals surface area contributed by atoms with Crippen LogP contribution in [0.1, 0.15) is 42.4 Å². The summed E-state index contributed by atoms with van der Waals surface area (Å²) in [6, 6.07) is 9.99. The minimum atomic E-state index is -0.0315. The SMILES string of the molecule is CCCN(C(=O)c1oc(-c2ccccc2)nc1C)C1CCNCC1. The lowest BCUT2D eigenvalue weighted by Gasteiger charge is -2.34. The molecule has 1 fully saturated rings. The molecule has 1 amide bonds. The van der Waals surface area contributed by atoms with Gasteiger partial charge in [0.25, 0.3) is 5.91 Å². The van der Waals surface area contributed by atoms with E-state index in [9.17, 15) is 4.79 Å². The first kappa shape index (κ1) is 16.7. The van der Waals surface area contributed by atoms with Gasteiger partial charge in [-0.3, -0.25) is 4.79 Å². The van der Waals surface area contributed by atoms with Gasteiger partial charge >= 0.3 is 0 Å². The zero-order chi connectivity index (χ0) is 16.9. The molecule has 0 spiro atoms. The van der Waals surface area contributed by atoms with Crippen molar-refractivity contribution in [3.05, 3.63) is 41.8 Å². The van der Waals surface area contributed by atoms with Crippen molar-refractivity contribution >= 4 is 5.91 Å². The molecule has 1 N–H and O–H groups in total. The van der Waals surface area contributed by atoms with Crippen molar-refractivity contribution in [2.45, 2.75) is 39.2 Å². The van der Waals surface area contributed by atoms with Gasteiger partial charge in [0.05, 0.1) is 5.69 Å². The second-order valence-electron chi connectivity index (χ2n) is 6.28. The monoisotopic (exact) mass is 327 g/mol. The summed E-state index contributed by atoms with van der Waals surface area (Å²) in [6.07, 6.45) is 2.92. The Kier molecular flexibility index (Phi) is 5.30. The summed E-state index contributed by atoms with van der Waals surface area (Å²) in [7, 11) is 0. The Labute approximate surface area is 143 Å². The molecular formula is C19H25N3O2. The molecule has 2 heterocycles. The Morgan fingerprint density at radius 3 is 2.67 bits per heavy atom. The molecule has 128 valence electrons. The van der Waals surface area contributed by atoms with Crippen LogP contribution in [0.25, 0.3) is 11.5 Å². The normalized spacial score (nSPS) is 15.4. The number of amides is 1. The minimum absolute atomic E-state index is 0.0315. The fourth-order valence-corrected chi connectivity index (χ4v) is 3.24. The van der Waals surface area contributed by atoms with E-state index in [1.165, 1.54) is 0 Å². The van der Waals surface area contributed by atoms with Gasteiger partial charge in [-0.2, -0.15) is 0 Å². The second kappa shape index (κ2) is 7.62. The molecule has 0 radical (unpaired) electrons. The fraction of sp³-hybridized carbons (Fsp3) is 0.474. The molecule has 0 unspecified atom stereocenters. The van der Waals surface area contributed by atoms with Crippen molar-refractivity contribution in [1.82, 2.24) is 15.2 Å². The molecule has 24 heavy (non-hydrogen) atoms. The van der Waals surface area contributed by atoms with E-state index in [1.54, 1.807) is 0 Å². The van der Waals surface area contributed by atoms with E-state index >= 15 is 0 Å². The maximum atomic E-state index is 13.1. The van der Waals surface area contributed by atoms with Crippen molar-refractivity contribution in [2.75, 3.05) is 19.6 Å². The molecule has 3 rings (SSSR count). The highest BCUT2D eigenvalue weighted by molar-refractivity contribution is 5.93. The molecule has 0 aliphatic carbocycles. The maximum absolute atomic E-state index is 13.1. The number of hydrogen-bond acceptors (Lipinski definition) is 4. The predicted octanol–water partition coefficient (Wildman–Crippen LogP) is 3.25. The lowest BCUT2D eigenvalue weighted by atomic mass is 10.0. The van der Waals surface area contributed by atoms with E-state index in [-0.39, 0.29) is 11.9 Å². The molecule has 0 atom stereocenters. The number of carbonyl (C=O) groups is 1. The smallest absolute Gasteiger partial charge is 0.291 e. The third-order valence-corrected chi connectivity index (χ3v) is 4.49. The molecular weight excluding hydrogens is 302 g/mol. The first-order chi connectivity index (χ1) is 11.7. The van der Waals surface area contributed by atoms with Crippen LogP contribution in [0.15, 0.2) is 34.7 Å². The van der Waals surface area contributed by atoms with E-state index in [1.807, 2.05) is 42.2 Å². The van der Waals surface area contributed by atoms with Crippen LogP contribution in [0.5, 0.6) is 0 Å². The van der Waals surface area contributed by atoms with Gasteiger partial charge in [-0.05, 0) is 51.4 Å². The van der Waals surface area contributed by atoms with E-state index < -0.39 is 0 Å². The van der Waals surface area contributed by atoms with Crippen LogP contribution in [0.3, 0.4) is 0 Å². The molecule has 2 aromatic rings. The second-order valence-corrected chi connectivity index (χ2v) is 6.28. The third kappa shape index (κ3) is 3.51. The number of aryl methyl sites for hydroxylation is 1. The summed E-state index contributed by atoms with van der Waals surface area (Å²) in [5.41, 5.74) is 1.55. The molecule has 1 aliphatic rings. The summed E-state index contributed by atoms with van der Waals surface area (Å²) < 4.78 is 5.86. The van der Waals surface area contributed by atoms with Crippen molar-refractivity contribution in [1.29, 1.82) is 0 Å². The predicted molar refractivity (Wildman–Crippen MR) is 93.9 cm³/mol. The average Bonchev–Trinajstić information content (AvgIpc) is 3.02. The van der Waals surface area contributed by atoms with Crippen LogP contribution in [0, 0.1) is 6.92 Å². The van der Waals surface area contributed by atoms with Crippen LogP contribution >= 0.6 is 0 Å². The summed E-state index contributed by atoms with van der Waals surface area (Å²) in [5, 5.41) is 3.35. The maximum Gasteiger partial charge on any atom is 0.291 e. The lowest BCUT2D eigenvalue weighted by Crippen LogP contribution is -2.46. The quantitative estimate of drug-likeness (QED) is 0.916. The Hall–Kier alpha value is -2.14. The van der Waals surface area contributed by atoms with Crippen molar-refractivity contribution in [3.8, 4) is 11.5 Å². The lowest BCUT2D eigenvalue weighted by molar-refractivity contribution is 0.0610. The summed E-state index contributed by atoms with van der Waals surface area (Å²) in [5.74, 6) is 0.856. The zero-order valence-corrected chi connectivity index (χ0v) is 14.4. The molecule has 5 heteroatoms. The number of nitrogens with one attached hydrogen (secondary N) is 1. The van der Waals surface area contributed by atoms with Gasteiger partial charge in [0.1, 0.15) is 0 Å². The topological polar surface area (TPSA) is 58.4 Å². The van der Waals surface area contributed by atoms with Gasteiger partial charge in [0.15, 0.2) is 0 Å². The molecule has 0 saturated carbocycles. The zero-order valence-electron chi connectivity index (χ0n) is 14.4. The number of aromatic nitrogens is 1. The molecule has 1 aromatic heterocycles. The number of nitrogens with zero attached hydrogens (tertiary/aromatic N) is 2. The molecule has 1 saturated heterocycles. The summed E-state index contributed by atoms with van der Waals surface area (Å²) in [4.78, 5) is 19.5. The summed E-state index contributed by atoms with van der Waals surface area (Å²) in [6.45, 7) is 6.62. The Balaban J connectivity index is 1.86. The van der Waals surface area contributed by atoms with Gasteiger partial charge in [-0.1, -0.05) is 25.1 Å². The van der Waals surface area contributed by atoms with Crippen molar-refractivity contribution in [3.63, 3.8) is 0 Å². The van der Waals surface area contributed by atoms with Crippen LogP contribution < -0.4 is 5.32 Å². The number of carbonyl (C=O) groups excluding carboxylic acids is 1. The van der Waals surface area contributed by atoms with E-state index in [4.69, 9.17) is 4.42 Å². The molecule has 0 bridgehead atoms. The van der Waals surface area contributed by atoms with Crippen LogP contribution in [0.2, 0.25) is 0 Å². The van der Waals surface area contributed by atoms with Crippen molar-refractivity contribution < 1.29 is 9.21 Å². The molecule has 1 aliphatic heterocycles. The van der Waals surface area contributed by atoms with Crippen LogP contribution in [-0.2, 0) is 0 Å². The number of rotatable bonds is 5. The van der Waals surface area contributed by atoms with Gasteiger partial charge in [0, 0.05) is 18.2 Å². The number of hydrogen-bond donors (Lipinski definition) is 1.